The maximum absolute atomic E-state index is 12.4. The second kappa shape index (κ2) is 6.70. The van der Waals surface area contributed by atoms with Crippen LogP contribution in [0.15, 0.2) is 29.2 Å². The maximum atomic E-state index is 12.4. The molecule has 2 N–H and O–H groups in total. The van der Waals surface area contributed by atoms with E-state index in [0.717, 1.165) is 5.56 Å². The van der Waals surface area contributed by atoms with E-state index in [2.05, 4.69) is 0 Å². The van der Waals surface area contributed by atoms with Gasteiger partial charge in [0.2, 0.25) is 10.0 Å². The van der Waals surface area contributed by atoms with Gasteiger partial charge < -0.3 is 5.73 Å². The van der Waals surface area contributed by atoms with Crippen molar-refractivity contribution in [1.82, 2.24) is 4.31 Å². The number of hydrogen-bond donors (Lipinski definition) is 1. The number of halogens is 1. The Morgan fingerprint density at radius 1 is 1.26 bits per heavy atom. The summed E-state index contributed by atoms with van der Waals surface area (Å²) in [5, 5.41) is 0. The highest BCUT2D eigenvalue weighted by molar-refractivity contribution is 7.89. The molecule has 0 radical (unpaired) electrons. The van der Waals surface area contributed by atoms with Gasteiger partial charge in [-0.05, 0) is 30.5 Å². The number of benzene rings is 1. The van der Waals surface area contributed by atoms with Crippen molar-refractivity contribution in [2.24, 2.45) is 11.1 Å². The Morgan fingerprint density at radius 2 is 1.79 bits per heavy atom. The van der Waals surface area contributed by atoms with E-state index in [0.29, 0.717) is 18.0 Å². The van der Waals surface area contributed by atoms with Gasteiger partial charge in [0, 0.05) is 13.6 Å². The van der Waals surface area contributed by atoms with Gasteiger partial charge in [0.1, 0.15) is 0 Å². The van der Waals surface area contributed by atoms with Gasteiger partial charge in [0.15, 0.2) is 0 Å². The fraction of sp³-hybridized carbons (Fsp3) is 0.538. The summed E-state index contributed by atoms with van der Waals surface area (Å²) in [7, 11) is -1.84. The zero-order valence-corrected chi connectivity index (χ0v) is 13.5. The molecule has 110 valence electrons. The average molecular weight is 307 g/mol. The highest BCUT2D eigenvalue weighted by Gasteiger charge is 2.27. The van der Waals surface area contributed by atoms with Crippen molar-refractivity contribution in [3.05, 3.63) is 29.8 Å². The molecule has 0 bridgehead atoms. The van der Waals surface area contributed by atoms with Crippen LogP contribution in [0.1, 0.15) is 19.4 Å². The molecule has 0 aliphatic heterocycles. The molecule has 0 saturated carbocycles. The Bertz CT molecular complexity index is 515. The number of nitrogens with zero attached hydrogens (tertiary/aromatic N) is 1. The lowest BCUT2D eigenvalue weighted by Crippen LogP contribution is -2.39. The lowest BCUT2D eigenvalue weighted by atomic mass is 9.94. The molecule has 0 aliphatic carbocycles. The van der Waals surface area contributed by atoms with Crippen LogP contribution in [0.25, 0.3) is 0 Å². The molecule has 19 heavy (non-hydrogen) atoms. The molecule has 0 aliphatic rings. The second-order valence-corrected chi connectivity index (χ2v) is 7.41. The number of sulfonamides is 1. The Morgan fingerprint density at radius 3 is 2.26 bits per heavy atom. The zero-order valence-electron chi connectivity index (χ0n) is 11.9. The van der Waals surface area contributed by atoms with Crippen LogP contribution in [-0.2, 0) is 10.0 Å². The van der Waals surface area contributed by atoms with Crippen molar-refractivity contribution < 1.29 is 8.42 Å². The number of nitrogens with two attached hydrogens (primary N) is 1. The lowest BCUT2D eigenvalue weighted by Gasteiger charge is -2.28. The smallest absolute Gasteiger partial charge is 0.243 e. The van der Waals surface area contributed by atoms with Crippen LogP contribution in [0, 0.1) is 12.3 Å². The van der Waals surface area contributed by atoms with Crippen LogP contribution < -0.4 is 5.73 Å². The molecule has 1 aromatic rings. The summed E-state index contributed by atoms with van der Waals surface area (Å²) in [5.74, 6) is 0. The first-order chi connectivity index (χ1) is 8.20. The van der Waals surface area contributed by atoms with Gasteiger partial charge in [-0.15, -0.1) is 12.4 Å². The van der Waals surface area contributed by atoms with Crippen molar-refractivity contribution in [2.75, 3.05) is 20.1 Å². The Labute approximate surface area is 122 Å². The average Bonchev–Trinajstić information content (AvgIpc) is 2.28. The van der Waals surface area contributed by atoms with Gasteiger partial charge in [0.05, 0.1) is 4.90 Å². The monoisotopic (exact) mass is 306 g/mol. The van der Waals surface area contributed by atoms with E-state index in [1.54, 1.807) is 32.2 Å². The van der Waals surface area contributed by atoms with Gasteiger partial charge in [-0.1, -0.05) is 32.0 Å². The SMILES string of the molecule is Cc1ccccc1S(=O)(=O)N(C)CC(C)(C)CN.Cl. The van der Waals surface area contributed by atoms with Crippen molar-refractivity contribution in [3.63, 3.8) is 0 Å². The first-order valence-corrected chi connectivity index (χ1v) is 7.37. The van der Waals surface area contributed by atoms with Gasteiger partial charge in [-0.3, -0.25) is 0 Å². The van der Waals surface area contributed by atoms with Crippen LogP contribution in [0.5, 0.6) is 0 Å². The Kier molecular flexibility index (Phi) is 6.48. The van der Waals surface area contributed by atoms with Crippen LogP contribution in [-0.4, -0.2) is 32.9 Å². The van der Waals surface area contributed by atoms with E-state index in [1.807, 2.05) is 19.9 Å². The fourth-order valence-corrected chi connectivity index (χ4v) is 3.35. The molecule has 0 amide bonds. The summed E-state index contributed by atoms with van der Waals surface area (Å²) in [4.78, 5) is 0.361. The van der Waals surface area contributed by atoms with Crippen LogP contribution in [0.2, 0.25) is 0 Å². The topological polar surface area (TPSA) is 63.4 Å². The van der Waals surface area contributed by atoms with Crippen LogP contribution in [0.3, 0.4) is 0 Å². The molecule has 4 nitrogen and oxygen atoms in total. The fourth-order valence-electron chi connectivity index (χ4n) is 1.77. The predicted octanol–water partition coefficient (Wildman–Crippen LogP) is 2.02. The summed E-state index contributed by atoms with van der Waals surface area (Å²) in [6.07, 6.45) is 0. The summed E-state index contributed by atoms with van der Waals surface area (Å²) < 4.78 is 26.2. The predicted molar refractivity (Wildman–Crippen MR) is 81.1 cm³/mol. The minimum absolute atomic E-state index is 0. The Balaban J connectivity index is 0.00000324. The molecule has 6 heteroatoms. The number of hydrogen-bond acceptors (Lipinski definition) is 3. The highest BCUT2D eigenvalue weighted by atomic mass is 35.5. The van der Waals surface area contributed by atoms with Crippen LogP contribution in [0.4, 0.5) is 0 Å². The standard InChI is InChI=1S/C13H22N2O2S.ClH/c1-11-7-5-6-8-12(11)18(16,17)15(4)10-13(2,3)9-14;/h5-8H,9-10,14H2,1-4H3;1H. The van der Waals surface area contributed by atoms with Gasteiger partial charge >= 0.3 is 0 Å². The second-order valence-electron chi connectivity index (χ2n) is 5.39. The van der Waals surface area contributed by atoms with E-state index in [4.69, 9.17) is 5.73 Å². The largest absolute Gasteiger partial charge is 0.330 e. The summed E-state index contributed by atoms with van der Waals surface area (Å²) in [6, 6.07) is 7.01. The molecule has 0 atom stereocenters. The minimum Gasteiger partial charge on any atom is -0.330 e. The third kappa shape index (κ3) is 4.45. The van der Waals surface area contributed by atoms with Crippen molar-refractivity contribution in [1.29, 1.82) is 0 Å². The lowest BCUT2D eigenvalue weighted by molar-refractivity contribution is 0.292. The zero-order chi connectivity index (χ0) is 14.0. The quantitative estimate of drug-likeness (QED) is 0.905. The van der Waals surface area contributed by atoms with E-state index < -0.39 is 10.0 Å². The normalized spacial score (nSPS) is 12.3. The van der Waals surface area contributed by atoms with E-state index in [9.17, 15) is 8.42 Å². The van der Waals surface area contributed by atoms with E-state index >= 15 is 0 Å². The minimum atomic E-state index is -3.44. The highest BCUT2D eigenvalue weighted by Crippen LogP contribution is 2.22. The van der Waals surface area contributed by atoms with Crippen molar-refractivity contribution >= 4 is 22.4 Å². The third-order valence-electron chi connectivity index (χ3n) is 2.99. The molecular formula is C13H23ClN2O2S. The number of aryl methyl sites for hydroxylation is 1. The van der Waals surface area contributed by atoms with Crippen molar-refractivity contribution in [3.8, 4) is 0 Å². The van der Waals surface area contributed by atoms with Crippen LogP contribution >= 0.6 is 12.4 Å². The first kappa shape index (κ1) is 18.4. The molecule has 0 saturated heterocycles. The Hall–Kier alpha value is -0.620. The summed E-state index contributed by atoms with van der Waals surface area (Å²) in [5.41, 5.74) is 6.17. The van der Waals surface area contributed by atoms with Gasteiger partial charge in [-0.25, -0.2) is 12.7 Å². The number of rotatable bonds is 5. The summed E-state index contributed by atoms with van der Waals surface area (Å²) in [6.45, 7) is 6.56. The molecule has 0 spiro atoms. The van der Waals surface area contributed by atoms with Crippen molar-refractivity contribution in [2.45, 2.75) is 25.7 Å². The molecule has 1 rings (SSSR count). The van der Waals surface area contributed by atoms with Gasteiger partial charge in [0.25, 0.3) is 0 Å². The molecule has 0 heterocycles. The van der Waals surface area contributed by atoms with E-state index in [-0.39, 0.29) is 17.8 Å². The third-order valence-corrected chi connectivity index (χ3v) is 4.95. The van der Waals surface area contributed by atoms with E-state index in [1.165, 1.54) is 4.31 Å². The molecule has 1 aromatic carbocycles. The molecule has 0 aromatic heterocycles. The maximum Gasteiger partial charge on any atom is 0.243 e. The summed E-state index contributed by atoms with van der Waals surface area (Å²) >= 11 is 0. The molecular weight excluding hydrogens is 284 g/mol. The molecule has 0 unspecified atom stereocenters. The first-order valence-electron chi connectivity index (χ1n) is 5.93. The van der Waals surface area contributed by atoms with Gasteiger partial charge in [-0.2, -0.15) is 0 Å². The molecule has 0 fully saturated rings.